The highest BCUT2D eigenvalue weighted by atomic mass is 79.9. The van der Waals surface area contributed by atoms with Crippen LogP contribution >= 0.6 is 35.6 Å². The van der Waals surface area contributed by atoms with Gasteiger partial charge in [-0.25, -0.2) is 0 Å². The van der Waals surface area contributed by atoms with E-state index in [1.54, 1.807) is 32.0 Å². The lowest BCUT2D eigenvalue weighted by atomic mass is 10.2. The Labute approximate surface area is 140 Å². The second-order valence-corrected chi connectivity index (χ2v) is 7.64. The zero-order valence-electron chi connectivity index (χ0n) is 11.9. The van der Waals surface area contributed by atoms with Crippen LogP contribution in [0.1, 0.15) is 24.3 Å². The molecule has 0 amide bonds. The lowest BCUT2D eigenvalue weighted by Crippen LogP contribution is -2.13. The maximum absolute atomic E-state index is 14.8. The summed E-state index contributed by atoms with van der Waals surface area (Å²) in [5.41, 5.74) is -2.79. The molecule has 0 fully saturated rings. The molecule has 0 saturated heterocycles. The fraction of sp³-hybridized carbons (Fsp3) is 0.357. The minimum Gasteiger partial charge on any atom is -0.330 e. The Morgan fingerprint density at radius 1 is 1.32 bits per heavy atom. The van der Waals surface area contributed by atoms with Gasteiger partial charge < -0.3 is 9.05 Å². The van der Waals surface area contributed by atoms with E-state index < -0.39 is 14.0 Å². The van der Waals surface area contributed by atoms with Gasteiger partial charge >= 0.3 is 5.66 Å². The molecule has 0 unspecified atom stereocenters. The first-order valence-corrected chi connectivity index (χ1v) is 9.30. The number of thiophene rings is 1. The summed E-state index contributed by atoms with van der Waals surface area (Å²) >= 11 is 4.20. The van der Waals surface area contributed by atoms with Crippen molar-refractivity contribution in [3.8, 4) is 6.07 Å². The highest BCUT2D eigenvalue weighted by molar-refractivity contribution is 9.10. The van der Waals surface area contributed by atoms with Gasteiger partial charge in [-0.1, -0.05) is 6.07 Å². The van der Waals surface area contributed by atoms with Gasteiger partial charge in [0.15, 0.2) is 0 Å². The Morgan fingerprint density at radius 2 is 1.95 bits per heavy atom. The van der Waals surface area contributed by atoms with Crippen molar-refractivity contribution in [1.29, 1.82) is 5.26 Å². The predicted molar refractivity (Wildman–Crippen MR) is 88.3 cm³/mol. The van der Waals surface area contributed by atoms with Gasteiger partial charge in [-0.15, -0.1) is 11.3 Å². The molecule has 0 bridgehead atoms. The fourth-order valence-corrected chi connectivity index (χ4v) is 5.48. The first-order valence-electron chi connectivity index (χ1n) is 6.52. The van der Waals surface area contributed by atoms with Crippen molar-refractivity contribution in [2.75, 3.05) is 13.2 Å². The molecule has 0 aliphatic rings. The quantitative estimate of drug-likeness (QED) is 0.553. The molecule has 8 heteroatoms. The van der Waals surface area contributed by atoms with Crippen molar-refractivity contribution >= 4 is 45.7 Å². The minimum atomic E-state index is -3.23. The van der Waals surface area contributed by atoms with E-state index in [2.05, 4.69) is 15.9 Å². The lowest BCUT2D eigenvalue weighted by molar-refractivity contribution is 0.0600. The molecule has 2 aromatic rings. The van der Waals surface area contributed by atoms with Crippen LogP contribution in [0.3, 0.4) is 0 Å². The Balaban J connectivity index is 2.52. The van der Waals surface area contributed by atoms with Crippen LogP contribution in [0.2, 0.25) is 0 Å². The molecule has 1 heterocycles. The molecule has 0 atom stereocenters. The summed E-state index contributed by atoms with van der Waals surface area (Å²) in [6.45, 7) is 3.62. The van der Waals surface area contributed by atoms with E-state index in [4.69, 9.17) is 14.3 Å². The van der Waals surface area contributed by atoms with Crippen LogP contribution in [0.4, 0.5) is 8.78 Å². The summed E-state index contributed by atoms with van der Waals surface area (Å²) < 4.78 is 40.7. The summed E-state index contributed by atoms with van der Waals surface area (Å²) in [4.78, 5) is -0.134. The molecule has 2 rings (SSSR count). The summed E-state index contributed by atoms with van der Waals surface area (Å²) in [5.74, 6) is 0. The van der Waals surface area contributed by atoms with Crippen LogP contribution in [0.5, 0.6) is 0 Å². The SMILES string of the molecule is CCOP(OCC)C(F)(F)c1sc2cc(C#N)ccc2c1Br. The molecule has 1 aromatic heterocycles. The smallest absolute Gasteiger partial charge is 0.330 e. The molecular formula is C14H13BrF2NO2PS. The third kappa shape index (κ3) is 3.32. The maximum atomic E-state index is 14.8. The monoisotopic (exact) mass is 407 g/mol. The molecule has 0 N–H and O–H groups in total. The maximum Gasteiger partial charge on any atom is 0.349 e. The molecule has 3 nitrogen and oxygen atoms in total. The molecule has 0 radical (unpaired) electrons. The summed E-state index contributed by atoms with van der Waals surface area (Å²) in [7, 11) is -2.36. The van der Waals surface area contributed by atoms with E-state index in [1.165, 1.54) is 0 Å². The van der Waals surface area contributed by atoms with E-state index in [1.807, 2.05) is 6.07 Å². The van der Waals surface area contributed by atoms with E-state index in [0.29, 0.717) is 20.1 Å². The van der Waals surface area contributed by atoms with Gasteiger partial charge in [0.2, 0.25) is 0 Å². The highest BCUT2D eigenvalue weighted by Crippen LogP contribution is 2.63. The number of fused-ring (bicyclic) bond motifs is 1. The molecule has 0 saturated carbocycles. The minimum absolute atomic E-state index is 0.134. The van der Waals surface area contributed by atoms with Gasteiger partial charge in [0.25, 0.3) is 8.38 Å². The van der Waals surface area contributed by atoms with Gasteiger partial charge in [0.1, 0.15) is 0 Å². The number of nitriles is 1. The van der Waals surface area contributed by atoms with Crippen molar-refractivity contribution in [2.45, 2.75) is 19.5 Å². The van der Waals surface area contributed by atoms with Crippen molar-refractivity contribution in [3.05, 3.63) is 33.1 Å². The van der Waals surface area contributed by atoms with Crippen LogP contribution in [-0.2, 0) is 14.7 Å². The second kappa shape index (κ2) is 7.29. The van der Waals surface area contributed by atoms with Crippen molar-refractivity contribution in [2.24, 2.45) is 0 Å². The van der Waals surface area contributed by atoms with Gasteiger partial charge in [-0.2, -0.15) is 14.0 Å². The van der Waals surface area contributed by atoms with Gasteiger partial charge in [0.05, 0.1) is 29.7 Å². The van der Waals surface area contributed by atoms with E-state index in [-0.39, 0.29) is 18.1 Å². The third-order valence-corrected chi connectivity index (χ3v) is 6.88. The molecule has 22 heavy (non-hydrogen) atoms. The average molecular weight is 408 g/mol. The van der Waals surface area contributed by atoms with Gasteiger partial charge in [-0.3, -0.25) is 0 Å². The largest absolute Gasteiger partial charge is 0.349 e. The van der Waals surface area contributed by atoms with Crippen LogP contribution < -0.4 is 0 Å². The van der Waals surface area contributed by atoms with E-state index in [9.17, 15) is 8.78 Å². The van der Waals surface area contributed by atoms with E-state index in [0.717, 1.165) is 11.3 Å². The predicted octanol–water partition coefficient (Wildman–Crippen LogP) is 5.97. The molecule has 0 spiro atoms. The van der Waals surface area contributed by atoms with Crippen LogP contribution in [0, 0.1) is 11.3 Å². The average Bonchev–Trinajstić information content (AvgIpc) is 2.84. The molecular weight excluding hydrogens is 395 g/mol. The number of alkyl halides is 2. The van der Waals surface area contributed by atoms with Gasteiger partial charge in [0, 0.05) is 14.6 Å². The standard InChI is InChI=1S/C14H13BrF2NO2PS/c1-3-19-21(20-4-2)14(16,17)13-12(15)10-6-5-9(8-18)7-11(10)22-13/h5-7H,3-4H2,1-2H3. The second-order valence-electron chi connectivity index (χ2n) is 4.20. The highest BCUT2D eigenvalue weighted by Gasteiger charge is 2.47. The fourth-order valence-electron chi connectivity index (χ4n) is 1.84. The van der Waals surface area contributed by atoms with Gasteiger partial charge in [-0.05, 0) is 41.9 Å². The number of rotatable bonds is 6. The first-order chi connectivity index (χ1) is 10.5. The Hall–Kier alpha value is -0.640. The number of benzene rings is 1. The summed E-state index contributed by atoms with van der Waals surface area (Å²) in [6, 6.07) is 6.88. The molecule has 0 aliphatic heterocycles. The zero-order chi connectivity index (χ0) is 16.3. The summed E-state index contributed by atoms with van der Waals surface area (Å²) in [5, 5.41) is 9.57. The Morgan fingerprint density at radius 3 is 2.50 bits per heavy atom. The van der Waals surface area contributed by atoms with Crippen molar-refractivity contribution in [1.82, 2.24) is 0 Å². The van der Waals surface area contributed by atoms with Crippen molar-refractivity contribution in [3.63, 3.8) is 0 Å². The van der Waals surface area contributed by atoms with E-state index >= 15 is 0 Å². The lowest BCUT2D eigenvalue weighted by Gasteiger charge is -2.24. The first kappa shape index (κ1) is 17.7. The Bertz CT molecular complexity index is 711. The number of hydrogen-bond donors (Lipinski definition) is 0. The van der Waals surface area contributed by atoms with Crippen LogP contribution in [-0.4, -0.2) is 13.2 Å². The number of halogens is 3. The normalized spacial score (nSPS) is 12.0. The Kier molecular flexibility index (Phi) is 5.87. The topological polar surface area (TPSA) is 42.2 Å². The summed E-state index contributed by atoms with van der Waals surface area (Å²) in [6.07, 6.45) is 0. The van der Waals surface area contributed by atoms with Crippen LogP contribution in [0.15, 0.2) is 22.7 Å². The molecule has 1 aromatic carbocycles. The van der Waals surface area contributed by atoms with Crippen LogP contribution in [0.25, 0.3) is 10.1 Å². The zero-order valence-corrected chi connectivity index (χ0v) is 15.2. The molecule has 118 valence electrons. The number of hydrogen-bond acceptors (Lipinski definition) is 4. The number of nitrogens with zero attached hydrogens (tertiary/aromatic N) is 1. The van der Waals surface area contributed by atoms with Crippen molar-refractivity contribution < 1.29 is 17.8 Å². The third-order valence-electron chi connectivity index (χ3n) is 2.75. The molecule has 0 aliphatic carbocycles.